The molecule has 0 atom stereocenters. The minimum atomic E-state index is 0.580. The molecule has 0 aromatic heterocycles. The standard InChI is InChI=1S/C12H17NO/c1-3-13-9-11(2)10-14-12-7-5-4-6-8-12/h4-8,13H,2-3,9-10H2,1H3. The van der Waals surface area contributed by atoms with Gasteiger partial charge in [0, 0.05) is 6.54 Å². The van der Waals surface area contributed by atoms with Gasteiger partial charge in [-0.25, -0.2) is 0 Å². The first-order valence-electron chi connectivity index (χ1n) is 4.88. The van der Waals surface area contributed by atoms with Crippen molar-refractivity contribution in [3.8, 4) is 5.75 Å². The van der Waals surface area contributed by atoms with Gasteiger partial charge in [0.15, 0.2) is 0 Å². The molecule has 76 valence electrons. The molecule has 0 fully saturated rings. The highest BCUT2D eigenvalue weighted by Gasteiger charge is 1.95. The molecule has 0 amide bonds. The SMILES string of the molecule is C=C(CNCC)COc1ccccc1. The van der Waals surface area contributed by atoms with E-state index in [2.05, 4.69) is 18.8 Å². The lowest BCUT2D eigenvalue weighted by Gasteiger charge is -2.08. The van der Waals surface area contributed by atoms with Gasteiger partial charge in [-0.2, -0.15) is 0 Å². The highest BCUT2D eigenvalue weighted by atomic mass is 16.5. The van der Waals surface area contributed by atoms with E-state index in [1.54, 1.807) is 0 Å². The fraction of sp³-hybridized carbons (Fsp3) is 0.333. The summed E-state index contributed by atoms with van der Waals surface area (Å²) in [7, 11) is 0. The second-order valence-corrected chi connectivity index (χ2v) is 3.13. The molecule has 1 aromatic carbocycles. The Bertz CT molecular complexity index is 269. The van der Waals surface area contributed by atoms with Gasteiger partial charge in [0.2, 0.25) is 0 Å². The fourth-order valence-electron chi connectivity index (χ4n) is 1.05. The molecule has 0 bridgehead atoms. The largest absolute Gasteiger partial charge is 0.489 e. The molecule has 0 saturated heterocycles. The van der Waals surface area contributed by atoms with Gasteiger partial charge in [-0.1, -0.05) is 31.7 Å². The Hall–Kier alpha value is -1.28. The van der Waals surface area contributed by atoms with E-state index in [4.69, 9.17) is 4.74 Å². The predicted octanol–water partition coefficient (Wildman–Crippen LogP) is 2.23. The van der Waals surface area contributed by atoms with Crippen LogP contribution >= 0.6 is 0 Å². The Balaban J connectivity index is 2.24. The molecule has 0 aliphatic rings. The van der Waals surface area contributed by atoms with Crippen molar-refractivity contribution >= 4 is 0 Å². The van der Waals surface area contributed by atoms with Crippen molar-refractivity contribution in [2.45, 2.75) is 6.92 Å². The Morgan fingerprint density at radius 3 is 2.71 bits per heavy atom. The van der Waals surface area contributed by atoms with E-state index in [1.165, 1.54) is 0 Å². The van der Waals surface area contributed by atoms with Crippen molar-refractivity contribution in [2.24, 2.45) is 0 Å². The van der Waals surface area contributed by atoms with Crippen LogP contribution in [0.5, 0.6) is 5.75 Å². The van der Waals surface area contributed by atoms with Gasteiger partial charge < -0.3 is 10.1 Å². The molecule has 0 radical (unpaired) electrons. The van der Waals surface area contributed by atoms with Gasteiger partial charge in [0.1, 0.15) is 12.4 Å². The fourth-order valence-corrected chi connectivity index (χ4v) is 1.05. The van der Waals surface area contributed by atoms with Crippen LogP contribution in [0, 0.1) is 0 Å². The number of ether oxygens (including phenoxy) is 1. The molecular formula is C12H17NO. The third-order valence-corrected chi connectivity index (χ3v) is 1.81. The maximum Gasteiger partial charge on any atom is 0.119 e. The monoisotopic (exact) mass is 191 g/mol. The first-order valence-corrected chi connectivity index (χ1v) is 4.88. The highest BCUT2D eigenvalue weighted by Crippen LogP contribution is 2.08. The lowest BCUT2D eigenvalue weighted by molar-refractivity contribution is 0.348. The van der Waals surface area contributed by atoms with E-state index >= 15 is 0 Å². The summed E-state index contributed by atoms with van der Waals surface area (Å²) in [6, 6.07) is 9.78. The van der Waals surface area contributed by atoms with Gasteiger partial charge >= 0.3 is 0 Å². The quantitative estimate of drug-likeness (QED) is 0.696. The lowest BCUT2D eigenvalue weighted by Crippen LogP contribution is -2.18. The van der Waals surface area contributed by atoms with E-state index in [-0.39, 0.29) is 0 Å². The second kappa shape index (κ2) is 6.22. The zero-order chi connectivity index (χ0) is 10.2. The average molecular weight is 191 g/mol. The topological polar surface area (TPSA) is 21.3 Å². The summed E-state index contributed by atoms with van der Waals surface area (Å²) in [5.41, 5.74) is 1.07. The number of hydrogen-bond donors (Lipinski definition) is 1. The van der Waals surface area contributed by atoms with Crippen LogP contribution in [0.2, 0.25) is 0 Å². The van der Waals surface area contributed by atoms with Crippen LogP contribution in [0.25, 0.3) is 0 Å². The zero-order valence-electron chi connectivity index (χ0n) is 8.62. The molecule has 1 rings (SSSR count). The first-order chi connectivity index (χ1) is 6.83. The number of likely N-dealkylation sites (N-methyl/N-ethyl adjacent to an activating group) is 1. The third-order valence-electron chi connectivity index (χ3n) is 1.81. The van der Waals surface area contributed by atoms with Gasteiger partial charge in [-0.05, 0) is 24.3 Å². The van der Waals surface area contributed by atoms with E-state index in [9.17, 15) is 0 Å². The van der Waals surface area contributed by atoms with Gasteiger partial charge in [-0.3, -0.25) is 0 Å². The molecule has 1 N–H and O–H groups in total. The molecule has 1 aromatic rings. The van der Waals surface area contributed by atoms with Crippen molar-refractivity contribution < 1.29 is 4.74 Å². The number of benzene rings is 1. The Labute approximate surface area is 85.6 Å². The Kier molecular flexibility index (Phi) is 4.79. The minimum Gasteiger partial charge on any atom is -0.489 e. The van der Waals surface area contributed by atoms with Crippen LogP contribution < -0.4 is 10.1 Å². The molecule has 14 heavy (non-hydrogen) atoms. The minimum absolute atomic E-state index is 0.580. The third kappa shape index (κ3) is 4.10. The van der Waals surface area contributed by atoms with Crippen LogP contribution in [0.15, 0.2) is 42.5 Å². The van der Waals surface area contributed by atoms with Crippen LogP contribution in [0.1, 0.15) is 6.92 Å². The first kappa shape index (κ1) is 10.8. The molecule has 0 saturated carbocycles. The van der Waals surface area contributed by atoms with Crippen molar-refractivity contribution in [3.05, 3.63) is 42.5 Å². The Morgan fingerprint density at radius 1 is 1.36 bits per heavy atom. The van der Waals surface area contributed by atoms with Crippen molar-refractivity contribution in [1.29, 1.82) is 0 Å². The van der Waals surface area contributed by atoms with Crippen molar-refractivity contribution in [2.75, 3.05) is 19.7 Å². The summed E-state index contributed by atoms with van der Waals surface area (Å²) in [6.07, 6.45) is 0. The zero-order valence-corrected chi connectivity index (χ0v) is 8.62. The van der Waals surface area contributed by atoms with E-state index in [1.807, 2.05) is 30.3 Å². The molecule has 0 unspecified atom stereocenters. The number of para-hydroxylation sites is 1. The van der Waals surface area contributed by atoms with Gasteiger partial charge in [0.25, 0.3) is 0 Å². The lowest BCUT2D eigenvalue weighted by atomic mass is 10.3. The van der Waals surface area contributed by atoms with Crippen molar-refractivity contribution in [1.82, 2.24) is 5.32 Å². The normalized spacial score (nSPS) is 9.79. The van der Waals surface area contributed by atoms with Crippen LogP contribution in [-0.2, 0) is 0 Å². The van der Waals surface area contributed by atoms with Crippen LogP contribution in [0.4, 0.5) is 0 Å². The maximum atomic E-state index is 5.53. The van der Waals surface area contributed by atoms with Crippen molar-refractivity contribution in [3.63, 3.8) is 0 Å². The van der Waals surface area contributed by atoms with Crippen LogP contribution in [-0.4, -0.2) is 19.7 Å². The van der Waals surface area contributed by atoms with Crippen LogP contribution in [0.3, 0.4) is 0 Å². The average Bonchev–Trinajstić information content (AvgIpc) is 2.25. The highest BCUT2D eigenvalue weighted by molar-refractivity contribution is 5.21. The van der Waals surface area contributed by atoms with Gasteiger partial charge in [0.05, 0.1) is 0 Å². The molecule has 0 heterocycles. The van der Waals surface area contributed by atoms with Gasteiger partial charge in [-0.15, -0.1) is 0 Å². The molecular weight excluding hydrogens is 174 g/mol. The molecule has 2 nitrogen and oxygen atoms in total. The summed E-state index contributed by atoms with van der Waals surface area (Å²) in [4.78, 5) is 0. The van der Waals surface area contributed by atoms with E-state index < -0.39 is 0 Å². The molecule has 2 heteroatoms. The number of hydrogen-bond acceptors (Lipinski definition) is 2. The molecule has 0 aliphatic heterocycles. The van der Waals surface area contributed by atoms with E-state index in [0.717, 1.165) is 24.4 Å². The Morgan fingerprint density at radius 2 is 2.07 bits per heavy atom. The molecule has 0 aliphatic carbocycles. The summed E-state index contributed by atoms with van der Waals surface area (Å²) < 4.78 is 5.53. The van der Waals surface area contributed by atoms with E-state index in [0.29, 0.717) is 6.61 Å². The predicted molar refractivity (Wildman–Crippen MR) is 59.6 cm³/mol. The molecule has 0 spiro atoms. The summed E-state index contributed by atoms with van der Waals surface area (Å²) >= 11 is 0. The smallest absolute Gasteiger partial charge is 0.119 e. The summed E-state index contributed by atoms with van der Waals surface area (Å²) in [5, 5.41) is 3.20. The summed E-state index contributed by atoms with van der Waals surface area (Å²) in [6.45, 7) is 8.36. The summed E-state index contributed by atoms with van der Waals surface area (Å²) in [5.74, 6) is 0.894. The number of nitrogens with one attached hydrogen (secondary N) is 1. The number of rotatable bonds is 6. The maximum absolute atomic E-state index is 5.53. The second-order valence-electron chi connectivity index (χ2n) is 3.13.